The second-order valence-corrected chi connectivity index (χ2v) is 9.26. The molecule has 3 aromatic carbocycles. The molecule has 8 heteroatoms. The van der Waals surface area contributed by atoms with Crippen LogP contribution < -0.4 is 18.9 Å². The predicted molar refractivity (Wildman–Crippen MR) is 145 cm³/mol. The number of hydrogen-bond acceptors (Lipinski definition) is 7. The highest BCUT2D eigenvalue weighted by atomic mass is 16.6. The molecule has 0 spiro atoms. The lowest BCUT2D eigenvalue weighted by molar-refractivity contribution is -0.140. The van der Waals surface area contributed by atoms with E-state index in [2.05, 4.69) is 0 Å². The zero-order valence-electron chi connectivity index (χ0n) is 22.0. The first-order chi connectivity index (χ1) is 19.0. The number of nitrogens with zero attached hydrogens (tertiary/aromatic N) is 1. The maximum absolute atomic E-state index is 13.5. The van der Waals surface area contributed by atoms with Crippen LogP contribution in [0, 0.1) is 0 Å². The fourth-order valence-corrected chi connectivity index (χ4v) is 4.81. The van der Waals surface area contributed by atoms with Gasteiger partial charge in [-0.05, 0) is 54.8 Å². The van der Waals surface area contributed by atoms with Gasteiger partial charge in [-0.25, -0.2) is 0 Å². The van der Waals surface area contributed by atoms with Crippen LogP contribution in [0.4, 0.5) is 0 Å². The SMILES string of the molecule is CCCOc1ccc([C@H]2C(=C(O)c3ccc4c(c3)OCCO4)C(=O)C(=O)N2Cc2ccccc2)cc1OCC. The zero-order valence-corrected chi connectivity index (χ0v) is 22.0. The first kappa shape index (κ1) is 26.2. The Morgan fingerprint density at radius 3 is 2.44 bits per heavy atom. The lowest BCUT2D eigenvalue weighted by atomic mass is 9.94. The number of ether oxygens (including phenoxy) is 4. The summed E-state index contributed by atoms with van der Waals surface area (Å²) in [5.74, 6) is 0.386. The van der Waals surface area contributed by atoms with E-state index in [0.29, 0.717) is 60.6 Å². The molecule has 2 heterocycles. The molecule has 8 nitrogen and oxygen atoms in total. The van der Waals surface area contributed by atoms with Crippen molar-refractivity contribution in [1.82, 2.24) is 4.90 Å². The minimum Gasteiger partial charge on any atom is -0.507 e. The summed E-state index contributed by atoms with van der Waals surface area (Å²) in [6.45, 7) is 5.83. The highest BCUT2D eigenvalue weighted by Crippen LogP contribution is 2.43. The van der Waals surface area contributed by atoms with E-state index in [1.54, 1.807) is 36.4 Å². The van der Waals surface area contributed by atoms with Gasteiger partial charge in [0.1, 0.15) is 19.0 Å². The zero-order chi connectivity index (χ0) is 27.4. The van der Waals surface area contributed by atoms with Crippen LogP contribution in [0.1, 0.15) is 43.0 Å². The largest absolute Gasteiger partial charge is 0.507 e. The van der Waals surface area contributed by atoms with Crippen LogP contribution in [-0.2, 0) is 16.1 Å². The summed E-state index contributed by atoms with van der Waals surface area (Å²) in [5.41, 5.74) is 1.83. The number of benzene rings is 3. The fourth-order valence-electron chi connectivity index (χ4n) is 4.81. The van der Waals surface area contributed by atoms with Gasteiger partial charge in [-0.3, -0.25) is 9.59 Å². The number of Topliss-reactive ketones (excluding diaryl/α,β-unsaturated/α-hetero) is 1. The summed E-state index contributed by atoms with van der Waals surface area (Å²) < 4.78 is 23.0. The molecule has 5 rings (SSSR count). The van der Waals surface area contributed by atoms with Crippen LogP contribution in [-0.4, -0.2) is 48.1 Å². The fraction of sp³-hybridized carbons (Fsp3) is 0.290. The molecule has 0 radical (unpaired) electrons. The summed E-state index contributed by atoms with van der Waals surface area (Å²) in [6, 6.07) is 18.9. The Labute approximate surface area is 227 Å². The molecule has 1 saturated heterocycles. The van der Waals surface area contributed by atoms with Gasteiger partial charge in [-0.15, -0.1) is 0 Å². The van der Waals surface area contributed by atoms with Gasteiger partial charge in [0.2, 0.25) is 0 Å². The van der Waals surface area contributed by atoms with Crippen molar-refractivity contribution in [3.05, 3.63) is 89.0 Å². The maximum atomic E-state index is 13.5. The van der Waals surface area contributed by atoms with Gasteiger partial charge in [0.25, 0.3) is 11.7 Å². The van der Waals surface area contributed by atoms with E-state index < -0.39 is 17.7 Å². The van der Waals surface area contributed by atoms with E-state index in [1.165, 1.54) is 4.90 Å². The molecule has 39 heavy (non-hydrogen) atoms. The third-order valence-corrected chi connectivity index (χ3v) is 6.60. The lowest BCUT2D eigenvalue weighted by Gasteiger charge is -2.26. The molecule has 2 aliphatic rings. The Balaban J connectivity index is 1.63. The molecule has 1 fully saturated rings. The molecule has 0 unspecified atom stereocenters. The molecule has 0 aromatic heterocycles. The Morgan fingerprint density at radius 1 is 0.923 bits per heavy atom. The van der Waals surface area contributed by atoms with Crippen molar-refractivity contribution < 1.29 is 33.6 Å². The third-order valence-electron chi connectivity index (χ3n) is 6.60. The van der Waals surface area contributed by atoms with E-state index in [-0.39, 0.29) is 17.9 Å². The lowest BCUT2D eigenvalue weighted by Crippen LogP contribution is -2.29. The first-order valence-electron chi connectivity index (χ1n) is 13.1. The number of amides is 1. The molecule has 0 bridgehead atoms. The smallest absolute Gasteiger partial charge is 0.295 e. The molecule has 1 N–H and O–H groups in total. The number of rotatable bonds is 9. The van der Waals surface area contributed by atoms with Crippen molar-refractivity contribution in [2.24, 2.45) is 0 Å². The maximum Gasteiger partial charge on any atom is 0.295 e. The van der Waals surface area contributed by atoms with Crippen molar-refractivity contribution in [2.75, 3.05) is 26.4 Å². The second kappa shape index (κ2) is 11.5. The average molecular weight is 530 g/mol. The van der Waals surface area contributed by atoms with Crippen LogP contribution in [0.2, 0.25) is 0 Å². The van der Waals surface area contributed by atoms with Gasteiger partial charge >= 0.3 is 0 Å². The van der Waals surface area contributed by atoms with Gasteiger partial charge < -0.3 is 29.0 Å². The highest BCUT2D eigenvalue weighted by molar-refractivity contribution is 6.46. The minimum absolute atomic E-state index is 0.00251. The molecule has 0 saturated carbocycles. The minimum atomic E-state index is -0.849. The summed E-state index contributed by atoms with van der Waals surface area (Å²) in [7, 11) is 0. The number of carbonyl (C=O) groups excluding carboxylic acids is 2. The Bertz CT molecular complexity index is 1400. The monoisotopic (exact) mass is 529 g/mol. The molecule has 202 valence electrons. The highest BCUT2D eigenvalue weighted by Gasteiger charge is 2.46. The van der Waals surface area contributed by atoms with Crippen molar-refractivity contribution in [1.29, 1.82) is 0 Å². The number of hydrogen-bond donors (Lipinski definition) is 1. The van der Waals surface area contributed by atoms with Crippen LogP contribution in [0.25, 0.3) is 5.76 Å². The molecule has 3 aromatic rings. The van der Waals surface area contributed by atoms with Gasteiger partial charge in [0.15, 0.2) is 23.0 Å². The van der Waals surface area contributed by atoms with Gasteiger partial charge in [0, 0.05) is 12.1 Å². The summed E-state index contributed by atoms with van der Waals surface area (Å²) >= 11 is 0. The molecule has 0 aliphatic carbocycles. The number of likely N-dealkylation sites (tertiary alicyclic amines) is 1. The standard InChI is InChI=1S/C31H31NO7/c1-3-14-37-23-12-10-21(17-25(23)36-4-2)28-27(29(33)22-11-13-24-26(18-22)39-16-15-38-24)30(34)31(35)32(28)19-20-8-6-5-7-9-20/h5-13,17-18,28,33H,3-4,14-16,19H2,1-2H3/t28-/m0/s1. The number of fused-ring (bicyclic) bond motifs is 1. The van der Waals surface area contributed by atoms with Gasteiger partial charge in [-0.2, -0.15) is 0 Å². The first-order valence-corrected chi connectivity index (χ1v) is 13.1. The quantitative estimate of drug-likeness (QED) is 0.229. The Morgan fingerprint density at radius 2 is 1.69 bits per heavy atom. The summed E-state index contributed by atoms with van der Waals surface area (Å²) in [6.07, 6.45) is 0.833. The Kier molecular flexibility index (Phi) is 7.72. The van der Waals surface area contributed by atoms with E-state index in [9.17, 15) is 14.7 Å². The van der Waals surface area contributed by atoms with Crippen LogP contribution in [0.5, 0.6) is 23.0 Å². The van der Waals surface area contributed by atoms with Crippen molar-refractivity contribution in [3.8, 4) is 23.0 Å². The summed E-state index contributed by atoms with van der Waals surface area (Å²) in [4.78, 5) is 28.4. The second-order valence-electron chi connectivity index (χ2n) is 9.26. The molecular formula is C31H31NO7. The number of aliphatic hydroxyl groups is 1. The number of carbonyl (C=O) groups is 2. The van der Waals surface area contributed by atoms with Crippen LogP contribution in [0.15, 0.2) is 72.3 Å². The molecule has 2 aliphatic heterocycles. The Hall–Kier alpha value is -4.46. The van der Waals surface area contributed by atoms with Crippen molar-refractivity contribution in [3.63, 3.8) is 0 Å². The van der Waals surface area contributed by atoms with E-state index in [0.717, 1.165) is 12.0 Å². The average Bonchev–Trinajstić information content (AvgIpc) is 3.21. The number of ketones is 1. The topological polar surface area (TPSA) is 94.5 Å². The van der Waals surface area contributed by atoms with E-state index >= 15 is 0 Å². The number of aliphatic hydroxyl groups excluding tert-OH is 1. The van der Waals surface area contributed by atoms with Crippen molar-refractivity contribution >= 4 is 17.4 Å². The van der Waals surface area contributed by atoms with Gasteiger partial charge in [-0.1, -0.05) is 43.3 Å². The molecule has 1 amide bonds. The molecule has 1 atom stereocenters. The van der Waals surface area contributed by atoms with Gasteiger partial charge in [0.05, 0.1) is 24.8 Å². The summed E-state index contributed by atoms with van der Waals surface area (Å²) in [5, 5.41) is 11.5. The van der Waals surface area contributed by atoms with Crippen LogP contribution >= 0.6 is 0 Å². The normalized spacial score (nSPS) is 17.8. The van der Waals surface area contributed by atoms with E-state index in [4.69, 9.17) is 18.9 Å². The molecular weight excluding hydrogens is 498 g/mol. The third kappa shape index (κ3) is 5.27. The van der Waals surface area contributed by atoms with E-state index in [1.807, 2.05) is 44.2 Å². The predicted octanol–water partition coefficient (Wildman–Crippen LogP) is 5.27. The van der Waals surface area contributed by atoms with Crippen LogP contribution in [0.3, 0.4) is 0 Å². The van der Waals surface area contributed by atoms with Crippen molar-refractivity contribution in [2.45, 2.75) is 32.9 Å².